The van der Waals surface area contributed by atoms with E-state index in [-0.39, 0.29) is 17.9 Å². The number of nitrogens with two attached hydrogens (primary N) is 1. The number of nitrogens with zero attached hydrogens (tertiary/aromatic N) is 5. The molecule has 2 aromatic rings. The van der Waals surface area contributed by atoms with E-state index >= 15 is 0 Å². The van der Waals surface area contributed by atoms with Gasteiger partial charge in [0.2, 0.25) is 5.91 Å². The molecule has 0 spiro atoms. The fraction of sp³-hybridized carbons (Fsp3) is 0.630. The number of ether oxygens (including phenoxy) is 1. The summed E-state index contributed by atoms with van der Waals surface area (Å²) in [6.45, 7) is 9.54. The number of amides is 1. The standard InChI is InChI=1S/C27H38N6O3/c1-18(2)25-30-27(36-31-25)32-14-10-20(11-15-32)19(3)12-16-35-23-8-6-21(7-9-23)24(29)26(34)33-13-4-5-22(33)17-28/h6-9,18-20,22,24H,4-5,10-16,29H2,1-3H3. The van der Waals surface area contributed by atoms with Crippen LogP contribution in [0.3, 0.4) is 0 Å². The van der Waals surface area contributed by atoms with Gasteiger partial charge in [0, 0.05) is 25.6 Å². The second-order valence-electron chi connectivity index (χ2n) is 10.4. The van der Waals surface area contributed by atoms with Crippen molar-refractivity contribution in [3.05, 3.63) is 35.7 Å². The fourth-order valence-electron chi connectivity index (χ4n) is 5.10. The molecule has 194 valence electrons. The van der Waals surface area contributed by atoms with Gasteiger partial charge in [-0.05, 0) is 61.6 Å². The molecule has 0 bridgehead atoms. The van der Waals surface area contributed by atoms with Gasteiger partial charge < -0.3 is 24.8 Å². The Bertz CT molecular complexity index is 1040. The number of hydrogen-bond acceptors (Lipinski definition) is 8. The zero-order valence-electron chi connectivity index (χ0n) is 21.6. The van der Waals surface area contributed by atoms with Crippen molar-refractivity contribution >= 4 is 11.9 Å². The van der Waals surface area contributed by atoms with E-state index in [9.17, 15) is 10.1 Å². The Morgan fingerprint density at radius 3 is 2.56 bits per heavy atom. The monoisotopic (exact) mass is 494 g/mol. The van der Waals surface area contributed by atoms with E-state index in [2.05, 4.69) is 41.9 Å². The summed E-state index contributed by atoms with van der Waals surface area (Å²) in [5.41, 5.74) is 6.94. The first-order chi connectivity index (χ1) is 17.4. The number of carbonyl (C=O) groups is 1. The molecular weight excluding hydrogens is 456 g/mol. The van der Waals surface area contributed by atoms with E-state index in [4.69, 9.17) is 15.0 Å². The Balaban J connectivity index is 1.19. The predicted molar refractivity (Wildman–Crippen MR) is 136 cm³/mol. The first-order valence-electron chi connectivity index (χ1n) is 13.1. The summed E-state index contributed by atoms with van der Waals surface area (Å²) in [5.74, 6) is 2.81. The number of piperidine rings is 1. The minimum absolute atomic E-state index is 0.188. The van der Waals surface area contributed by atoms with Gasteiger partial charge in [0.05, 0.1) is 12.7 Å². The molecule has 0 radical (unpaired) electrons. The van der Waals surface area contributed by atoms with Crippen LogP contribution in [0, 0.1) is 23.2 Å². The van der Waals surface area contributed by atoms with E-state index in [0.29, 0.717) is 31.0 Å². The smallest absolute Gasteiger partial charge is 0.324 e. The van der Waals surface area contributed by atoms with Crippen LogP contribution < -0.4 is 15.4 Å². The largest absolute Gasteiger partial charge is 0.494 e. The first-order valence-corrected chi connectivity index (χ1v) is 13.1. The van der Waals surface area contributed by atoms with Crippen LogP contribution in [-0.4, -0.2) is 53.2 Å². The van der Waals surface area contributed by atoms with Crippen LogP contribution in [0.15, 0.2) is 28.8 Å². The quantitative estimate of drug-likeness (QED) is 0.554. The molecular formula is C27H38N6O3. The lowest BCUT2D eigenvalue weighted by Gasteiger charge is -2.33. The van der Waals surface area contributed by atoms with Gasteiger partial charge in [0.25, 0.3) is 0 Å². The molecule has 0 aliphatic carbocycles. The number of nitriles is 1. The van der Waals surface area contributed by atoms with Crippen molar-refractivity contribution in [2.45, 2.75) is 70.9 Å². The summed E-state index contributed by atoms with van der Waals surface area (Å²) < 4.78 is 11.4. The molecule has 1 amide bonds. The molecule has 3 unspecified atom stereocenters. The van der Waals surface area contributed by atoms with Gasteiger partial charge in [-0.3, -0.25) is 4.79 Å². The van der Waals surface area contributed by atoms with Crippen LogP contribution in [0.5, 0.6) is 5.75 Å². The molecule has 2 fully saturated rings. The summed E-state index contributed by atoms with van der Waals surface area (Å²) in [7, 11) is 0. The normalized spacial score (nSPS) is 20.4. The topological polar surface area (TPSA) is 122 Å². The van der Waals surface area contributed by atoms with Crippen LogP contribution >= 0.6 is 0 Å². The van der Waals surface area contributed by atoms with Gasteiger partial charge in [-0.1, -0.05) is 38.1 Å². The van der Waals surface area contributed by atoms with Gasteiger partial charge in [0.15, 0.2) is 5.82 Å². The molecule has 3 heterocycles. The maximum absolute atomic E-state index is 12.7. The summed E-state index contributed by atoms with van der Waals surface area (Å²) >= 11 is 0. The third-order valence-electron chi connectivity index (χ3n) is 7.59. The van der Waals surface area contributed by atoms with Crippen LogP contribution in [0.2, 0.25) is 0 Å². The highest BCUT2D eigenvalue weighted by Gasteiger charge is 2.32. The minimum atomic E-state index is -0.761. The highest BCUT2D eigenvalue weighted by atomic mass is 16.5. The summed E-state index contributed by atoms with van der Waals surface area (Å²) in [6.07, 6.45) is 4.75. The molecule has 9 heteroatoms. The lowest BCUT2D eigenvalue weighted by Crippen LogP contribution is -2.40. The van der Waals surface area contributed by atoms with Crippen molar-refractivity contribution in [2.75, 3.05) is 31.1 Å². The van der Waals surface area contributed by atoms with E-state index in [1.165, 1.54) is 0 Å². The van der Waals surface area contributed by atoms with Crippen LogP contribution in [-0.2, 0) is 4.79 Å². The van der Waals surface area contributed by atoms with Gasteiger partial charge in [0.1, 0.15) is 17.8 Å². The van der Waals surface area contributed by atoms with E-state index in [1.807, 2.05) is 24.3 Å². The van der Waals surface area contributed by atoms with Gasteiger partial charge in [-0.25, -0.2) is 0 Å². The average molecular weight is 495 g/mol. The first kappa shape index (κ1) is 26.0. The Morgan fingerprint density at radius 1 is 1.19 bits per heavy atom. The molecule has 4 rings (SSSR count). The fourth-order valence-corrected chi connectivity index (χ4v) is 5.10. The number of rotatable bonds is 9. The van der Waals surface area contributed by atoms with Crippen molar-refractivity contribution in [2.24, 2.45) is 17.6 Å². The lowest BCUT2D eigenvalue weighted by molar-refractivity contribution is -0.132. The van der Waals surface area contributed by atoms with Crippen molar-refractivity contribution in [3.8, 4) is 11.8 Å². The van der Waals surface area contributed by atoms with Crippen LogP contribution in [0.25, 0.3) is 0 Å². The summed E-state index contributed by atoms with van der Waals surface area (Å²) in [5, 5.41) is 13.3. The van der Waals surface area contributed by atoms with Crippen molar-refractivity contribution in [3.63, 3.8) is 0 Å². The third kappa shape index (κ3) is 5.98. The zero-order chi connectivity index (χ0) is 25.7. The molecule has 1 aromatic carbocycles. The highest BCUT2D eigenvalue weighted by Crippen LogP contribution is 2.30. The zero-order valence-corrected chi connectivity index (χ0v) is 21.6. The molecule has 36 heavy (non-hydrogen) atoms. The number of carbonyl (C=O) groups excluding carboxylic acids is 1. The maximum Gasteiger partial charge on any atom is 0.324 e. The Kier molecular flexibility index (Phi) is 8.47. The number of benzene rings is 1. The van der Waals surface area contributed by atoms with Gasteiger partial charge in [-0.2, -0.15) is 10.2 Å². The van der Waals surface area contributed by atoms with E-state index in [0.717, 1.165) is 62.3 Å². The summed E-state index contributed by atoms with van der Waals surface area (Å²) in [6, 6.07) is 9.14. The third-order valence-corrected chi connectivity index (χ3v) is 7.59. The second kappa shape index (κ2) is 11.7. The predicted octanol–water partition coefficient (Wildman–Crippen LogP) is 4.03. The van der Waals surface area contributed by atoms with Gasteiger partial charge in [-0.15, -0.1) is 0 Å². The second-order valence-corrected chi connectivity index (χ2v) is 10.4. The Morgan fingerprint density at radius 2 is 1.92 bits per heavy atom. The molecule has 2 N–H and O–H groups in total. The molecule has 3 atom stereocenters. The molecule has 2 saturated heterocycles. The number of anilines is 1. The summed E-state index contributed by atoms with van der Waals surface area (Å²) in [4.78, 5) is 21.1. The Labute approximate surface area is 213 Å². The maximum atomic E-state index is 12.7. The van der Waals surface area contributed by atoms with Crippen molar-refractivity contribution < 1.29 is 14.1 Å². The number of likely N-dealkylation sites (tertiary alicyclic amines) is 1. The minimum Gasteiger partial charge on any atom is -0.494 e. The number of hydrogen-bond donors (Lipinski definition) is 1. The highest BCUT2D eigenvalue weighted by molar-refractivity contribution is 5.84. The average Bonchev–Trinajstić information content (AvgIpc) is 3.58. The Hall–Kier alpha value is -3.12. The van der Waals surface area contributed by atoms with Crippen molar-refractivity contribution in [1.29, 1.82) is 5.26 Å². The van der Waals surface area contributed by atoms with E-state index in [1.54, 1.807) is 4.90 Å². The van der Waals surface area contributed by atoms with Gasteiger partial charge >= 0.3 is 6.01 Å². The number of aromatic nitrogens is 2. The van der Waals surface area contributed by atoms with E-state index < -0.39 is 6.04 Å². The van der Waals surface area contributed by atoms with Crippen LogP contribution in [0.4, 0.5) is 6.01 Å². The molecule has 2 aliphatic heterocycles. The molecule has 1 aromatic heterocycles. The van der Waals surface area contributed by atoms with Crippen LogP contribution in [0.1, 0.15) is 76.2 Å². The SMILES string of the molecule is CC(C)c1noc(N2CCC(C(C)CCOc3ccc(C(N)C(=O)N4CCCC4C#N)cc3)CC2)n1. The molecule has 0 saturated carbocycles. The molecule has 2 aliphatic rings. The lowest BCUT2D eigenvalue weighted by atomic mass is 9.84. The molecule has 9 nitrogen and oxygen atoms in total. The van der Waals surface area contributed by atoms with Crippen molar-refractivity contribution in [1.82, 2.24) is 15.0 Å².